The van der Waals surface area contributed by atoms with Crippen molar-refractivity contribution in [3.8, 4) is 0 Å². The first-order valence-corrected chi connectivity index (χ1v) is 7.38. The second-order valence-electron chi connectivity index (χ2n) is 4.33. The van der Waals surface area contributed by atoms with Gasteiger partial charge in [-0.1, -0.05) is 24.3 Å². The topological polar surface area (TPSA) is 46.2 Å². The van der Waals surface area contributed by atoms with Crippen molar-refractivity contribution in [3.05, 3.63) is 65.2 Å². The summed E-state index contributed by atoms with van der Waals surface area (Å²) in [4.78, 5) is -0.689. The first-order chi connectivity index (χ1) is 9.40. The largest absolute Gasteiger partial charge is 0.243 e. The van der Waals surface area contributed by atoms with Crippen molar-refractivity contribution in [2.45, 2.75) is 18.4 Å². The first-order valence-electron chi connectivity index (χ1n) is 5.89. The molecule has 0 fully saturated rings. The molecule has 6 heteroatoms. The molecule has 0 radical (unpaired) electrons. The summed E-state index contributed by atoms with van der Waals surface area (Å²) in [6, 6.07) is 9.54. The minimum atomic E-state index is -4.09. The molecule has 0 unspecified atom stereocenters. The van der Waals surface area contributed by atoms with Gasteiger partial charge in [0.25, 0.3) is 0 Å². The number of sulfonamides is 1. The number of aryl methyl sites for hydroxylation is 1. The van der Waals surface area contributed by atoms with Gasteiger partial charge in [0.05, 0.1) is 0 Å². The lowest BCUT2D eigenvalue weighted by molar-refractivity contribution is 0.545. The number of rotatable bonds is 4. The fourth-order valence-corrected chi connectivity index (χ4v) is 2.84. The zero-order chi connectivity index (χ0) is 14.8. The van der Waals surface area contributed by atoms with Gasteiger partial charge in [-0.05, 0) is 36.2 Å². The highest BCUT2D eigenvalue weighted by atomic mass is 32.2. The van der Waals surface area contributed by atoms with Crippen molar-refractivity contribution >= 4 is 10.0 Å². The number of nitrogens with one attached hydrogen (secondary N) is 1. The van der Waals surface area contributed by atoms with Gasteiger partial charge in [0.1, 0.15) is 16.5 Å². The minimum Gasteiger partial charge on any atom is -0.207 e. The van der Waals surface area contributed by atoms with Crippen molar-refractivity contribution in [2.75, 3.05) is 0 Å². The molecule has 0 aromatic heterocycles. The second kappa shape index (κ2) is 5.68. The van der Waals surface area contributed by atoms with Crippen LogP contribution in [0.25, 0.3) is 0 Å². The van der Waals surface area contributed by atoms with Crippen LogP contribution in [0, 0.1) is 18.6 Å². The normalized spacial score (nSPS) is 11.6. The Hall–Kier alpha value is -1.79. The number of hydrogen-bond acceptors (Lipinski definition) is 2. The Kier molecular flexibility index (Phi) is 4.15. The molecule has 20 heavy (non-hydrogen) atoms. The van der Waals surface area contributed by atoms with E-state index in [0.29, 0.717) is 6.07 Å². The molecule has 0 saturated carbocycles. The highest BCUT2D eigenvalue weighted by Crippen LogP contribution is 2.16. The molecular weight excluding hydrogens is 284 g/mol. The monoisotopic (exact) mass is 297 g/mol. The quantitative estimate of drug-likeness (QED) is 0.943. The lowest BCUT2D eigenvalue weighted by Gasteiger charge is -2.09. The molecule has 0 aliphatic rings. The van der Waals surface area contributed by atoms with Gasteiger partial charge in [0.2, 0.25) is 10.0 Å². The summed E-state index contributed by atoms with van der Waals surface area (Å²) in [6.45, 7) is 1.86. The highest BCUT2D eigenvalue weighted by molar-refractivity contribution is 7.89. The fourth-order valence-electron chi connectivity index (χ4n) is 1.74. The van der Waals surface area contributed by atoms with Crippen molar-refractivity contribution < 1.29 is 17.2 Å². The Morgan fingerprint density at radius 3 is 2.50 bits per heavy atom. The first kappa shape index (κ1) is 14.6. The Bertz CT molecular complexity index is 730. The van der Waals surface area contributed by atoms with E-state index in [2.05, 4.69) is 4.72 Å². The smallest absolute Gasteiger partial charge is 0.207 e. The van der Waals surface area contributed by atoms with Gasteiger partial charge in [0.15, 0.2) is 0 Å². The Morgan fingerprint density at radius 2 is 1.80 bits per heavy atom. The highest BCUT2D eigenvalue weighted by Gasteiger charge is 2.19. The molecule has 0 aliphatic carbocycles. The maximum Gasteiger partial charge on any atom is 0.243 e. The molecule has 0 amide bonds. The summed E-state index contributed by atoms with van der Waals surface area (Å²) in [5.41, 5.74) is 1.68. The Balaban J connectivity index is 2.24. The molecule has 0 bridgehead atoms. The third-order valence-corrected chi connectivity index (χ3v) is 4.31. The van der Waals surface area contributed by atoms with Gasteiger partial charge >= 0.3 is 0 Å². The van der Waals surface area contributed by atoms with Crippen LogP contribution in [0.1, 0.15) is 11.1 Å². The molecule has 2 aromatic carbocycles. The van der Waals surface area contributed by atoms with Crippen LogP contribution >= 0.6 is 0 Å². The zero-order valence-corrected chi connectivity index (χ0v) is 11.5. The fraction of sp³-hybridized carbons (Fsp3) is 0.143. The molecule has 0 heterocycles. The summed E-state index contributed by atoms with van der Waals surface area (Å²) in [5, 5.41) is 0. The van der Waals surface area contributed by atoms with Crippen LogP contribution in [-0.2, 0) is 16.6 Å². The van der Waals surface area contributed by atoms with Crippen LogP contribution in [0.4, 0.5) is 8.78 Å². The van der Waals surface area contributed by atoms with E-state index in [9.17, 15) is 17.2 Å². The average molecular weight is 297 g/mol. The average Bonchev–Trinajstić information content (AvgIpc) is 2.40. The van der Waals surface area contributed by atoms with E-state index in [1.807, 2.05) is 19.1 Å². The van der Waals surface area contributed by atoms with Crippen LogP contribution in [0.5, 0.6) is 0 Å². The van der Waals surface area contributed by atoms with Crippen molar-refractivity contribution in [1.29, 1.82) is 0 Å². The van der Waals surface area contributed by atoms with Crippen LogP contribution in [0.3, 0.4) is 0 Å². The lowest BCUT2D eigenvalue weighted by Crippen LogP contribution is -2.24. The molecule has 3 nitrogen and oxygen atoms in total. The maximum absolute atomic E-state index is 13.5. The third kappa shape index (κ3) is 3.20. The number of benzene rings is 2. The molecule has 0 spiro atoms. The van der Waals surface area contributed by atoms with Gasteiger partial charge in [-0.25, -0.2) is 21.9 Å². The predicted octanol–water partition coefficient (Wildman–Crippen LogP) is 2.75. The van der Waals surface area contributed by atoms with Crippen molar-refractivity contribution in [2.24, 2.45) is 0 Å². The SMILES string of the molecule is Cc1ccccc1CNS(=O)(=O)c1cc(F)ccc1F. The molecule has 0 atom stereocenters. The standard InChI is InChI=1S/C14H13F2NO2S/c1-10-4-2-3-5-11(10)9-17-20(18,19)14-8-12(15)6-7-13(14)16/h2-8,17H,9H2,1H3. The number of hydrogen-bond donors (Lipinski definition) is 1. The molecule has 1 N–H and O–H groups in total. The predicted molar refractivity (Wildman–Crippen MR) is 71.6 cm³/mol. The molecule has 2 aromatic rings. The second-order valence-corrected chi connectivity index (χ2v) is 6.06. The third-order valence-electron chi connectivity index (χ3n) is 2.90. The van der Waals surface area contributed by atoms with Crippen LogP contribution in [-0.4, -0.2) is 8.42 Å². The van der Waals surface area contributed by atoms with E-state index in [-0.39, 0.29) is 6.54 Å². The van der Waals surface area contributed by atoms with Gasteiger partial charge in [-0.3, -0.25) is 0 Å². The van der Waals surface area contributed by atoms with Crippen LogP contribution in [0.2, 0.25) is 0 Å². The maximum atomic E-state index is 13.5. The molecule has 106 valence electrons. The van der Waals surface area contributed by atoms with E-state index in [4.69, 9.17) is 0 Å². The van der Waals surface area contributed by atoms with Crippen LogP contribution < -0.4 is 4.72 Å². The van der Waals surface area contributed by atoms with E-state index in [1.54, 1.807) is 12.1 Å². The minimum absolute atomic E-state index is 0.0188. The number of halogens is 2. The molecule has 0 aliphatic heterocycles. The van der Waals surface area contributed by atoms with Gasteiger partial charge in [-0.2, -0.15) is 0 Å². The summed E-state index contributed by atoms with van der Waals surface area (Å²) in [7, 11) is -4.09. The summed E-state index contributed by atoms with van der Waals surface area (Å²) < 4.78 is 52.7. The van der Waals surface area contributed by atoms with Gasteiger partial charge < -0.3 is 0 Å². The van der Waals surface area contributed by atoms with Crippen LogP contribution in [0.15, 0.2) is 47.4 Å². The molecule has 0 saturated heterocycles. The van der Waals surface area contributed by atoms with E-state index in [0.717, 1.165) is 23.3 Å². The summed E-state index contributed by atoms with van der Waals surface area (Å²) in [6.07, 6.45) is 0. The van der Waals surface area contributed by atoms with Gasteiger partial charge in [0, 0.05) is 6.54 Å². The Labute approximate surface area is 116 Å². The zero-order valence-electron chi connectivity index (χ0n) is 10.7. The van der Waals surface area contributed by atoms with Crippen molar-refractivity contribution in [1.82, 2.24) is 4.72 Å². The van der Waals surface area contributed by atoms with E-state index >= 15 is 0 Å². The molecular formula is C14H13F2NO2S. The van der Waals surface area contributed by atoms with E-state index < -0.39 is 26.6 Å². The van der Waals surface area contributed by atoms with E-state index in [1.165, 1.54) is 0 Å². The summed E-state index contributed by atoms with van der Waals surface area (Å²) >= 11 is 0. The van der Waals surface area contributed by atoms with Gasteiger partial charge in [-0.15, -0.1) is 0 Å². The molecule has 2 rings (SSSR count). The summed E-state index contributed by atoms with van der Waals surface area (Å²) in [5.74, 6) is -1.79. The van der Waals surface area contributed by atoms with Crippen molar-refractivity contribution in [3.63, 3.8) is 0 Å². The lowest BCUT2D eigenvalue weighted by atomic mass is 10.1. The Morgan fingerprint density at radius 1 is 1.10 bits per heavy atom.